The number of carbonyl (C=O) groups excluding carboxylic acids is 1. The number of hydrogen-bond donors (Lipinski definition) is 1. The number of ether oxygens (including phenoxy) is 2. The number of nitrogens with zero attached hydrogens (tertiary/aromatic N) is 1. The van der Waals surface area contributed by atoms with Crippen molar-refractivity contribution in [1.82, 2.24) is 4.90 Å². The van der Waals surface area contributed by atoms with E-state index in [2.05, 4.69) is 0 Å². The van der Waals surface area contributed by atoms with Gasteiger partial charge in [-0.25, -0.2) is 4.79 Å². The lowest BCUT2D eigenvalue weighted by Gasteiger charge is -2.25. The van der Waals surface area contributed by atoms with E-state index >= 15 is 0 Å². The van der Waals surface area contributed by atoms with Gasteiger partial charge in [0.1, 0.15) is 12.6 Å². The van der Waals surface area contributed by atoms with Gasteiger partial charge < -0.3 is 19.5 Å². The standard InChI is InChI=1S/C11H19NO5/c1-8(11(14)15)12(2)10(13)7-17-9-3-5-16-6-4-9/h8-9H,3-7H2,1-2H3,(H,14,15). The van der Waals surface area contributed by atoms with E-state index in [0.717, 1.165) is 12.8 Å². The van der Waals surface area contributed by atoms with E-state index in [0.29, 0.717) is 13.2 Å². The van der Waals surface area contributed by atoms with E-state index < -0.39 is 12.0 Å². The summed E-state index contributed by atoms with van der Waals surface area (Å²) in [4.78, 5) is 23.5. The Bertz CT molecular complexity index is 275. The molecule has 1 fully saturated rings. The molecule has 1 rings (SSSR count). The fourth-order valence-corrected chi connectivity index (χ4v) is 1.52. The molecule has 0 saturated carbocycles. The Morgan fingerprint density at radius 1 is 1.47 bits per heavy atom. The van der Waals surface area contributed by atoms with Crippen LogP contribution in [0.2, 0.25) is 0 Å². The van der Waals surface area contributed by atoms with Crippen LogP contribution in [0.15, 0.2) is 0 Å². The zero-order valence-electron chi connectivity index (χ0n) is 10.2. The molecule has 6 heteroatoms. The van der Waals surface area contributed by atoms with Crippen molar-refractivity contribution in [1.29, 1.82) is 0 Å². The lowest BCUT2D eigenvalue weighted by molar-refractivity contribution is -0.151. The summed E-state index contributed by atoms with van der Waals surface area (Å²) >= 11 is 0. The number of hydrogen-bond acceptors (Lipinski definition) is 4. The van der Waals surface area contributed by atoms with Crippen LogP contribution in [0.25, 0.3) is 0 Å². The fourth-order valence-electron chi connectivity index (χ4n) is 1.52. The van der Waals surface area contributed by atoms with Gasteiger partial charge in [-0.05, 0) is 19.8 Å². The van der Waals surface area contributed by atoms with Gasteiger partial charge in [-0.15, -0.1) is 0 Å². The second-order valence-electron chi connectivity index (χ2n) is 4.14. The first-order chi connectivity index (χ1) is 8.02. The molecule has 1 saturated heterocycles. The molecule has 1 aliphatic rings. The Morgan fingerprint density at radius 2 is 2.06 bits per heavy atom. The van der Waals surface area contributed by atoms with E-state index in [1.807, 2.05) is 0 Å². The van der Waals surface area contributed by atoms with Crippen LogP contribution in [0.4, 0.5) is 0 Å². The highest BCUT2D eigenvalue weighted by atomic mass is 16.5. The van der Waals surface area contributed by atoms with Crippen LogP contribution in [0.1, 0.15) is 19.8 Å². The number of carbonyl (C=O) groups is 2. The zero-order valence-corrected chi connectivity index (χ0v) is 10.2. The van der Waals surface area contributed by atoms with Crippen LogP contribution in [-0.4, -0.2) is 60.9 Å². The van der Waals surface area contributed by atoms with E-state index in [4.69, 9.17) is 14.6 Å². The SMILES string of the molecule is CC(C(=O)O)N(C)C(=O)COC1CCOCC1. The highest BCUT2D eigenvalue weighted by molar-refractivity contribution is 5.83. The highest BCUT2D eigenvalue weighted by Crippen LogP contribution is 2.10. The molecule has 6 nitrogen and oxygen atoms in total. The summed E-state index contributed by atoms with van der Waals surface area (Å²) in [5.74, 6) is -1.33. The molecule has 1 unspecified atom stereocenters. The topological polar surface area (TPSA) is 76.1 Å². The lowest BCUT2D eigenvalue weighted by Crippen LogP contribution is -2.42. The molecule has 17 heavy (non-hydrogen) atoms. The number of rotatable bonds is 5. The molecule has 1 heterocycles. The molecule has 0 aromatic carbocycles. The first-order valence-electron chi connectivity index (χ1n) is 5.70. The van der Waals surface area contributed by atoms with Crippen LogP contribution in [-0.2, 0) is 19.1 Å². The van der Waals surface area contributed by atoms with Gasteiger partial charge in [-0.3, -0.25) is 4.79 Å². The van der Waals surface area contributed by atoms with Crippen molar-refractivity contribution in [2.24, 2.45) is 0 Å². The van der Waals surface area contributed by atoms with Crippen molar-refractivity contribution in [2.45, 2.75) is 31.9 Å². The van der Waals surface area contributed by atoms with Gasteiger partial charge in [0.15, 0.2) is 0 Å². The highest BCUT2D eigenvalue weighted by Gasteiger charge is 2.23. The third kappa shape index (κ3) is 4.32. The van der Waals surface area contributed by atoms with Crippen molar-refractivity contribution in [3.63, 3.8) is 0 Å². The molecule has 0 aromatic rings. The van der Waals surface area contributed by atoms with Crippen molar-refractivity contribution < 1.29 is 24.2 Å². The summed E-state index contributed by atoms with van der Waals surface area (Å²) in [5, 5.41) is 8.77. The minimum absolute atomic E-state index is 0.0428. The molecule has 0 radical (unpaired) electrons. The van der Waals surface area contributed by atoms with Gasteiger partial charge in [0.25, 0.3) is 0 Å². The van der Waals surface area contributed by atoms with Crippen molar-refractivity contribution >= 4 is 11.9 Å². The molecule has 1 atom stereocenters. The molecule has 1 aliphatic heterocycles. The molecule has 1 N–H and O–H groups in total. The van der Waals surface area contributed by atoms with Crippen LogP contribution in [0.5, 0.6) is 0 Å². The molecular formula is C11H19NO5. The van der Waals surface area contributed by atoms with Crippen molar-refractivity contribution in [3.8, 4) is 0 Å². The van der Waals surface area contributed by atoms with Crippen molar-refractivity contribution in [2.75, 3.05) is 26.9 Å². The maximum atomic E-state index is 11.6. The Balaban J connectivity index is 2.30. The zero-order chi connectivity index (χ0) is 12.8. The summed E-state index contributed by atoms with van der Waals surface area (Å²) in [5.41, 5.74) is 0. The number of likely N-dealkylation sites (N-methyl/N-ethyl adjacent to an activating group) is 1. The smallest absolute Gasteiger partial charge is 0.326 e. The Hall–Kier alpha value is -1.14. The van der Waals surface area contributed by atoms with Crippen LogP contribution >= 0.6 is 0 Å². The predicted octanol–water partition coefficient (Wildman–Crippen LogP) is 0.114. The van der Waals surface area contributed by atoms with Crippen molar-refractivity contribution in [3.05, 3.63) is 0 Å². The normalized spacial score (nSPS) is 18.7. The minimum Gasteiger partial charge on any atom is -0.480 e. The first-order valence-corrected chi connectivity index (χ1v) is 5.70. The van der Waals surface area contributed by atoms with Gasteiger partial charge in [-0.1, -0.05) is 0 Å². The molecule has 98 valence electrons. The van der Waals surface area contributed by atoms with Gasteiger partial charge in [0.05, 0.1) is 6.10 Å². The molecular weight excluding hydrogens is 226 g/mol. The fraction of sp³-hybridized carbons (Fsp3) is 0.818. The Morgan fingerprint density at radius 3 is 2.59 bits per heavy atom. The molecule has 0 aromatic heterocycles. The van der Waals surface area contributed by atoms with Crippen LogP contribution < -0.4 is 0 Å². The lowest BCUT2D eigenvalue weighted by atomic mass is 10.1. The largest absolute Gasteiger partial charge is 0.480 e. The third-order valence-corrected chi connectivity index (χ3v) is 2.94. The maximum Gasteiger partial charge on any atom is 0.326 e. The summed E-state index contributed by atoms with van der Waals surface area (Å²) in [7, 11) is 1.47. The number of aliphatic carboxylic acids is 1. The Kier molecular flexibility index (Phi) is 5.37. The van der Waals surface area contributed by atoms with E-state index in [-0.39, 0.29) is 18.6 Å². The quantitative estimate of drug-likeness (QED) is 0.744. The van der Waals surface area contributed by atoms with Gasteiger partial charge >= 0.3 is 5.97 Å². The number of carboxylic acids is 1. The van der Waals surface area contributed by atoms with E-state index in [1.165, 1.54) is 18.9 Å². The summed E-state index contributed by atoms with van der Waals surface area (Å²) < 4.78 is 10.6. The number of carboxylic acid groups (broad SMARTS) is 1. The van der Waals surface area contributed by atoms with Gasteiger partial charge in [0, 0.05) is 20.3 Å². The molecule has 0 aliphatic carbocycles. The maximum absolute atomic E-state index is 11.6. The van der Waals surface area contributed by atoms with Crippen LogP contribution in [0.3, 0.4) is 0 Å². The summed E-state index contributed by atoms with van der Waals surface area (Å²) in [6, 6.07) is -0.833. The van der Waals surface area contributed by atoms with Gasteiger partial charge in [0.2, 0.25) is 5.91 Å². The predicted molar refractivity (Wildman–Crippen MR) is 59.7 cm³/mol. The second kappa shape index (κ2) is 6.56. The number of amides is 1. The molecule has 0 spiro atoms. The monoisotopic (exact) mass is 245 g/mol. The van der Waals surface area contributed by atoms with Crippen LogP contribution in [0, 0.1) is 0 Å². The summed E-state index contributed by atoms with van der Waals surface area (Å²) in [6.45, 7) is 2.70. The average molecular weight is 245 g/mol. The summed E-state index contributed by atoms with van der Waals surface area (Å²) in [6.07, 6.45) is 1.61. The van der Waals surface area contributed by atoms with E-state index in [1.54, 1.807) is 0 Å². The Labute approximate surface area is 100 Å². The minimum atomic E-state index is -1.02. The van der Waals surface area contributed by atoms with Gasteiger partial charge in [-0.2, -0.15) is 0 Å². The second-order valence-corrected chi connectivity index (χ2v) is 4.14. The average Bonchev–Trinajstić information content (AvgIpc) is 2.35. The first kappa shape index (κ1) is 13.9. The molecule has 1 amide bonds. The van der Waals surface area contributed by atoms with E-state index in [9.17, 15) is 9.59 Å². The third-order valence-electron chi connectivity index (χ3n) is 2.94. The molecule has 0 bridgehead atoms.